The van der Waals surface area contributed by atoms with Crippen molar-refractivity contribution in [2.24, 2.45) is 0 Å². The topological polar surface area (TPSA) is 165 Å². The predicted molar refractivity (Wildman–Crippen MR) is 100 cm³/mol. The first kappa shape index (κ1) is 21.0. The van der Waals surface area contributed by atoms with Crippen molar-refractivity contribution in [1.82, 2.24) is 14.5 Å². The maximum Gasteiger partial charge on any atom is 0.311 e. The molecule has 1 aliphatic rings. The minimum absolute atomic E-state index is 0.0137. The van der Waals surface area contributed by atoms with Gasteiger partial charge in [0.15, 0.2) is 18.0 Å². The number of esters is 2. The molecule has 3 rings (SSSR count). The van der Waals surface area contributed by atoms with Crippen molar-refractivity contribution >= 4 is 39.6 Å². The Morgan fingerprint density at radius 2 is 2.10 bits per heavy atom. The summed E-state index contributed by atoms with van der Waals surface area (Å²) in [7, 11) is 1.43. The molecule has 2 aromatic heterocycles. The van der Waals surface area contributed by atoms with Crippen LogP contribution in [0.1, 0.15) is 26.5 Å². The summed E-state index contributed by atoms with van der Waals surface area (Å²) in [6.07, 6.45) is -3.36. The van der Waals surface area contributed by atoms with Gasteiger partial charge in [0.1, 0.15) is 16.9 Å². The molecule has 1 aliphatic heterocycles. The van der Waals surface area contributed by atoms with E-state index in [1.807, 2.05) is 0 Å². The van der Waals surface area contributed by atoms with Gasteiger partial charge in [-0.3, -0.25) is 28.7 Å². The molecule has 3 N–H and O–H groups in total. The Hall–Kier alpha value is -2.77. The van der Waals surface area contributed by atoms with E-state index in [2.05, 4.69) is 9.97 Å². The number of aromatic nitrogens is 3. The van der Waals surface area contributed by atoms with Gasteiger partial charge in [-0.05, 0) is 0 Å². The molecule has 0 spiro atoms. The highest BCUT2D eigenvalue weighted by atomic mass is 32.1. The second kappa shape index (κ2) is 8.31. The smallest absolute Gasteiger partial charge is 0.311 e. The maximum atomic E-state index is 12.6. The number of hydrogen-bond donors (Lipinski definition) is 2. The number of fused-ring (bicyclic) bond motifs is 1. The molecule has 3 heterocycles. The van der Waals surface area contributed by atoms with E-state index in [1.54, 1.807) is 0 Å². The Labute approximate surface area is 167 Å². The standard InChI is InChI=1S/C16H20N4O8S/c1-6(21)26-9-4-8(10(5-25-3)27-7(2)22)28-14(9)20-12-11(29-16(20)24)13(23)19-15(17)18-12/h8-10,14H,4-5H2,1-3H3,(H3,17,18,19,23)/t8-,9+,10-,14+/m0/s1. The van der Waals surface area contributed by atoms with Crippen LogP contribution in [0.4, 0.5) is 5.95 Å². The summed E-state index contributed by atoms with van der Waals surface area (Å²) in [5.74, 6) is -1.30. The molecule has 0 radical (unpaired) electrons. The number of nitrogens with two attached hydrogens (primary N) is 1. The first-order valence-electron chi connectivity index (χ1n) is 8.61. The van der Waals surface area contributed by atoms with Gasteiger partial charge in [0.05, 0.1) is 6.61 Å². The highest BCUT2D eigenvalue weighted by Gasteiger charge is 2.45. The van der Waals surface area contributed by atoms with Crippen molar-refractivity contribution in [2.45, 2.75) is 44.8 Å². The lowest BCUT2D eigenvalue weighted by atomic mass is 10.1. The van der Waals surface area contributed by atoms with Crippen molar-refractivity contribution in [1.29, 1.82) is 0 Å². The van der Waals surface area contributed by atoms with Crippen molar-refractivity contribution in [3.8, 4) is 0 Å². The zero-order valence-corrected chi connectivity index (χ0v) is 16.7. The van der Waals surface area contributed by atoms with Crippen LogP contribution in [0.25, 0.3) is 10.3 Å². The third-order valence-electron chi connectivity index (χ3n) is 4.22. The number of nitrogens with one attached hydrogen (secondary N) is 1. The van der Waals surface area contributed by atoms with Crippen LogP contribution in [0.5, 0.6) is 0 Å². The van der Waals surface area contributed by atoms with Crippen LogP contribution in [0, 0.1) is 0 Å². The predicted octanol–water partition coefficient (Wildman–Crippen LogP) is -0.474. The normalized spacial score (nSPS) is 22.5. The number of ether oxygens (including phenoxy) is 4. The van der Waals surface area contributed by atoms with E-state index in [4.69, 9.17) is 24.7 Å². The first-order valence-corrected chi connectivity index (χ1v) is 9.42. The number of aromatic amines is 1. The van der Waals surface area contributed by atoms with Gasteiger partial charge in [-0.15, -0.1) is 0 Å². The molecule has 1 fully saturated rings. The van der Waals surface area contributed by atoms with Gasteiger partial charge in [0.25, 0.3) is 5.56 Å². The largest absolute Gasteiger partial charge is 0.458 e. The van der Waals surface area contributed by atoms with Gasteiger partial charge >= 0.3 is 16.8 Å². The fraction of sp³-hybridized carbons (Fsp3) is 0.562. The molecule has 0 aliphatic carbocycles. The molecule has 12 nitrogen and oxygen atoms in total. The van der Waals surface area contributed by atoms with Gasteiger partial charge in [0.2, 0.25) is 5.95 Å². The molecule has 0 aromatic carbocycles. The molecule has 0 amide bonds. The molecule has 0 bridgehead atoms. The molecular weight excluding hydrogens is 408 g/mol. The van der Waals surface area contributed by atoms with Gasteiger partial charge in [0, 0.05) is 27.4 Å². The Morgan fingerprint density at radius 1 is 1.38 bits per heavy atom. The van der Waals surface area contributed by atoms with E-state index < -0.39 is 46.9 Å². The minimum Gasteiger partial charge on any atom is -0.458 e. The molecule has 0 saturated carbocycles. The lowest BCUT2D eigenvalue weighted by Crippen LogP contribution is -2.35. The van der Waals surface area contributed by atoms with Crippen molar-refractivity contribution in [3.05, 3.63) is 20.0 Å². The summed E-state index contributed by atoms with van der Waals surface area (Å²) in [6.45, 7) is 2.50. The maximum absolute atomic E-state index is 12.6. The summed E-state index contributed by atoms with van der Waals surface area (Å²) in [5, 5.41) is 0. The molecule has 29 heavy (non-hydrogen) atoms. The molecule has 0 unspecified atom stereocenters. The Bertz CT molecular complexity index is 1040. The monoisotopic (exact) mass is 428 g/mol. The quantitative estimate of drug-likeness (QED) is 0.574. The Kier molecular flexibility index (Phi) is 6.00. The van der Waals surface area contributed by atoms with Crippen LogP contribution in [0.3, 0.4) is 0 Å². The number of nitrogen functional groups attached to an aromatic ring is 1. The van der Waals surface area contributed by atoms with E-state index in [0.717, 1.165) is 4.57 Å². The van der Waals surface area contributed by atoms with Gasteiger partial charge in [-0.25, -0.2) is 0 Å². The van der Waals surface area contributed by atoms with Crippen LogP contribution in [-0.4, -0.2) is 58.5 Å². The fourth-order valence-electron chi connectivity index (χ4n) is 3.22. The van der Waals surface area contributed by atoms with E-state index >= 15 is 0 Å². The van der Waals surface area contributed by atoms with Crippen LogP contribution in [-0.2, 0) is 28.5 Å². The summed E-state index contributed by atoms with van der Waals surface area (Å²) in [4.78, 5) is 53.5. The number of anilines is 1. The van der Waals surface area contributed by atoms with E-state index in [0.29, 0.717) is 11.3 Å². The Morgan fingerprint density at radius 3 is 2.72 bits per heavy atom. The summed E-state index contributed by atoms with van der Waals surface area (Å²) in [6, 6.07) is 0. The number of carbonyl (C=O) groups is 2. The molecule has 4 atom stereocenters. The summed E-state index contributed by atoms with van der Waals surface area (Å²) in [5.41, 5.74) is 5.06. The molecule has 1 saturated heterocycles. The molecule has 2 aromatic rings. The van der Waals surface area contributed by atoms with Crippen molar-refractivity contribution in [3.63, 3.8) is 0 Å². The Balaban J connectivity index is 2.04. The summed E-state index contributed by atoms with van der Waals surface area (Å²) >= 11 is 0.667. The fourth-order valence-corrected chi connectivity index (χ4v) is 4.06. The minimum atomic E-state index is -1.09. The number of H-pyrrole nitrogens is 1. The highest BCUT2D eigenvalue weighted by molar-refractivity contribution is 7.16. The van der Waals surface area contributed by atoms with Crippen LogP contribution >= 0.6 is 11.3 Å². The van der Waals surface area contributed by atoms with Gasteiger partial charge in [-0.1, -0.05) is 11.3 Å². The van der Waals surface area contributed by atoms with Gasteiger partial charge in [-0.2, -0.15) is 4.98 Å². The average Bonchev–Trinajstić information content (AvgIpc) is 3.14. The third kappa shape index (κ3) is 4.31. The highest BCUT2D eigenvalue weighted by Crippen LogP contribution is 2.35. The zero-order valence-electron chi connectivity index (χ0n) is 15.9. The second-order valence-corrected chi connectivity index (χ2v) is 7.36. The second-order valence-electron chi connectivity index (χ2n) is 6.39. The van der Waals surface area contributed by atoms with Crippen molar-refractivity contribution in [2.75, 3.05) is 19.5 Å². The van der Waals surface area contributed by atoms with E-state index in [1.165, 1.54) is 21.0 Å². The first-order chi connectivity index (χ1) is 13.7. The van der Waals surface area contributed by atoms with Crippen LogP contribution in [0.15, 0.2) is 9.59 Å². The number of hydrogen-bond acceptors (Lipinski definition) is 11. The number of nitrogens with zero attached hydrogens (tertiary/aromatic N) is 2. The van der Waals surface area contributed by atoms with Crippen molar-refractivity contribution < 1.29 is 28.5 Å². The lowest BCUT2D eigenvalue weighted by Gasteiger charge is -2.22. The van der Waals surface area contributed by atoms with E-state index in [9.17, 15) is 19.2 Å². The lowest BCUT2D eigenvalue weighted by molar-refractivity contribution is -0.162. The SMILES string of the molecule is COC[C@H](OC(C)=O)[C@@H]1C[C@@H](OC(C)=O)[C@H](n2c(=O)sc3c(=O)[nH]c(N)nc32)O1. The van der Waals surface area contributed by atoms with Crippen LogP contribution < -0.4 is 16.2 Å². The van der Waals surface area contributed by atoms with Crippen LogP contribution in [0.2, 0.25) is 0 Å². The average molecular weight is 428 g/mol. The molecule has 158 valence electrons. The third-order valence-corrected chi connectivity index (χ3v) is 5.17. The van der Waals surface area contributed by atoms with Gasteiger partial charge < -0.3 is 24.7 Å². The number of thiazole rings is 1. The number of rotatable bonds is 6. The number of carbonyl (C=O) groups excluding carboxylic acids is 2. The summed E-state index contributed by atoms with van der Waals surface area (Å²) < 4.78 is 22.8. The molecule has 13 heteroatoms. The zero-order chi connectivity index (χ0) is 21.3. The number of methoxy groups -OCH3 is 1. The van der Waals surface area contributed by atoms with E-state index in [-0.39, 0.29) is 29.3 Å². The molecular formula is C16H20N4O8S.